The topological polar surface area (TPSA) is 29.9 Å². The summed E-state index contributed by atoms with van der Waals surface area (Å²) in [6, 6.07) is 2.82. The Morgan fingerprint density at radius 3 is 2.71 bits per heavy atom. The number of nitrogens with zero attached hydrogens (tertiary/aromatic N) is 2. The number of hydrogen-bond acceptors (Lipinski definition) is 2. The lowest BCUT2D eigenvalue weighted by molar-refractivity contribution is -0.140. The quantitative estimate of drug-likeness (QED) is 0.684. The van der Waals surface area contributed by atoms with Crippen molar-refractivity contribution < 1.29 is 17.6 Å². The van der Waals surface area contributed by atoms with Gasteiger partial charge in [0.2, 0.25) is 5.95 Å². The van der Waals surface area contributed by atoms with Crippen LogP contribution in [-0.2, 0) is 6.18 Å². The molecule has 112 valence electrons. The Kier molecular flexibility index (Phi) is 4.02. The van der Waals surface area contributed by atoms with Gasteiger partial charge in [0.1, 0.15) is 5.82 Å². The molecule has 3 nitrogen and oxygen atoms in total. The first-order valence-electron chi connectivity index (χ1n) is 6.11. The highest BCUT2D eigenvalue weighted by Gasteiger charge is 2.34. The Morgan fingerprint density at radius 1 is 1.38 bits per heavy atom. The summed E-state index contributed by atoms with van der Waals surface area (Å²) in [5, 5.41) is 2.91. The van der Waals surface area contributed by atoms with Crippen LogP contribution < -0.4 is 5.32 Å². The lowest BCUT2D eigenvalue weighted by Crippen LogP contribution is -2.10. The maximum absolute atomic E-state index is 13.3. The third-order valence-electron chi connectivity index (χ3n) is 2.76. The van der Waals surface area contributed by atoms with Crippen molar-refractivity contribution in [3.63, 3.8) is 0 Å². The van der Waals surface area contributed by atoms with Crippen LogP contribution >= 0.6 is 0 Å². The molecule has 0 saturated carbocycles. The minimum Gasteiger partial charge on any atom is -0.352 e. The molecule has 1 aromatic heterocycles. The Morgan fingerprint density at radius 2 is 2.10 bits per heavy atom. The number of aryl methyl sites for hydroxylation is 1. The highest BCUT2D eigenvalue weighted by molar-refractivity contribution is 5.46. The highest BCUT2D eigenvalue weighted by atomic mass is 19.4. The minimum atomic E-state index is -4.75. The van der Waals surface area contributed by atoms with E-state index < -0.39 is 17.6 Å². The second-order valence-corrected chi connectivity index (χ2v) is 4.41. The maximum atomic E-state index is 13.3. The van der Waals surface area contributed by atoms with E-state index in [1.54, 1.807) is 19.2 Å². The fourth-order valence-corrected chi connectivity index (χ4v) is 1.86. The fourth-order valence-electron chi connectivity index (χ4n) is 1.86. The van der Waals surface area contributed by atoms with Crippen molar-refractivity contribution in [2.24, 2.45) is 0 Å². The molecule has 0 radical (unpaired) electrons. The summed E-state index contributed by atoms with van der Waals surface area (Å²) >= 11 is 0. The summed E-state index contributed by atoms with van der Waals surface area (Å²) < 4.78 is 53.0. The second-order valence-electron chi connectivity index (χ2n) is 4.41. The molecule has 21 heavy (non-hydrogen) atoms. The number of halogens is 4. The number of aromatic nitrogens is 2. The van der Waals surface area contributed by atoms with Gasteiger partial charge in [-0.05, 0) is 25.1 Å². The molecule has 0 saturated heterocycles. The maximum Gasteiger partial charge on any atom is 0.419 e. The third kappa shape index (κ3) is 3.24. The molecule has 0 amide bonds. The van der Waals surface area contributed by atoms with Gasteiger partial charge < -0.3 is 5.32 Å². The molecule has 1 aromatic carbocycles. The van der Waals surface area contributed by atoms with Crippen LogP contribution in [0.1, 0.15) is 11.3 Å². The van der Waals surface area contributed by atoms with Crippen LogP contribution in [-0.4, -0.2) is 16.1 Å². The molecule has 2 rings (SSSR count). The predicted octanol–water partition coefficient (Wildman–Crippen LogP) is 3.94. The summed E-state index contributed by atoms with van der Waals surface area (Å²) in [5.74, 6) is -0.934. The number of rotatable bonds is 4. The molecule has 1 N–H and O–H groups in total. The van der Waals surface area contributed by atoms with E-state index in [1.807, 2.05) is 0 Å². The van der Waals surface area contributed by atoms with Gasteiger partial charge in [-0.25, -0.2) is 9.37 Å². The second kappa shape index (κ2) is 5.59. The van der Waals surface area contributed by atoms with E-state index in [9.17, 15) is 17.6 Å². The first kappa shape index (κ1) is 15.1. The van der Waals surface area contributed by atoms with E-state index in [4.69, 9.17) is 0 Å². The Hall–Kier alpha value is -2.31. The van der Waals surface area contributed by atoms with E-state index in [0.29, 0.717) is 18.2 Å². The van der Waals surface area contributed by atoms with Gasteiger partial charge >= 0.3 is 6.18 Å². The largest absolute Gasteiger partial charge is 0.419 e. The van der Waals surface area contributed by atoms with Crippen molar-refractivity contribution in [3.05, 3.63) is 54.1 Å². The normalized spacial score (nSPS) is 11.5. The van der Waals surface area contributed by atoms with Crippen molar-refractivity contribution in [3.8, 4) is 5.69 Å². The Bertz CT molecular complexity index is 659. The predicted molar refractivity (Wildman–Crippen MR) is 71.9 cm³/mol. The average molecular weight is 299 g/mol. The molecule has 0 fully saturated rings. The lowest BCUT2D eigenvalue weighted by atomic mass is 10.2. The van der Waals surface area contributed by atoms with E-state index >= 15 is 0 Å². The highest BCUT2D eigenvalue weighted by Crippen LogP contribution is 2.33. The number of anilines is 1. The van der Waals surface area contributed by atoms with Gasteiger partial charge in [-0.1, -0.05) is 6.08 Å². The van der Waals surface area contributed by atoms with Crippen molar-refractivity contribution >= 4 is 5.95 Å². The van der Waals surface area contributed by atoms with Crippen molar-refractivity contribution in [2.45, 2.75) is 13.1 Å². The van der Waals surface area contributed by atoms with Gasteiger partial charge in [0.15, 0.2) is 0 Å². The van der Waals surface area contributed by atoms with Crippen LogP contribution in [0, 0.1) is 12.7 Å². The Labute approximate surface area is 118 Å². The molecule has 0 spiro atoms. The van der Waals surface area contributed by atoms with E-state index in [0.717, 1.165) is 12.1 Å². The van der Waals surface area contributed by atoms with E-state index in [2.05, 4.69) is 16.9 Å². The summed E-state index contributed by atoms with van der Waals surface area (Å²) in [6.07, 6.45) is -1.58. The zero-order valence-electron chi connectivity index (χ0n) is 11.2. The summed E-state index contributed by atoms with van der Waals surface area (Å²) in [4.78, 5) is 4.17. The average Bonchev–Trinajstić information content (AvgIpc) is 2.76. The number of hydrogen-bond donors (Lipinski definition) is 1. The molecular weight excluding hydrogens is 286 g/mol. The van der Waals surface area contributed by atoms with Crippen molar-refractivity contribution in [1.29, 1.82) is 0 Å². The molecule has 0 atom stereocenters. The molecule has 0 aliphatic carbocycles. The monoisotopic (exact) mass is 299 g/mol. The summed E-state index contributed by atoms with van der Waals surface area (Å²) in [5.41, 5.74) is -0.503. The fraction of sp³-hybridized carbons (Fsp3) is 0.214. The number of nitrogens with one attached hydrogen (secondary N) is 1. The smallest absolute Gasteiger partial charge is 0.352 e. The SMILES string of the molecule is C=CCNc1nc(C)cn1-c1ccc(F)c(C(F)(F)F)c1. The van der Waals surface area contributed by atoms with E-state index in [-0.39, 0.29) is 5.69 Å². The van der Waals surface area contributed by atoms with Crippen LogP contribution in [0.2, 0.25) is 0 Å². The van der Waals surface area contributed by atoms with Gasteiger partial charge in [0, 0.05) is 18.4 Å². The molecule has 1 heterocycles. The van der Waals surface area contributed by atoms with Crippen LogP contribution in [0.3, 0.4) is 0 Å². The van der Waals surface area contributed by atoms with Gasteiger partial charge in [-0.2, -0.15) is 13.2 Å². The van der Waals surface area contributed by atoms with Gasteiger partial charge in [0.05, 0.1) is 11.3 Å². The molecule has 2 aromatic rings. The number of alkyl halides is 3. The van der Waals surface area contributed by atoms with Gasteiger partial charge in [-0.3, -0.25) is 4.57 Å². The Balaban J connectivity index is 2.50. The third-order valence-corrected chi connectivity index (χ3v) is 2.76. The standard InChI is InChI=1S/C14H13F4N3/c1-3-6-19-13-20-9(2)8-21(13)10-4-5-12(15)11(7-10)14(16,17)18/h3-5,7-8H,1,6H2,2H3,(H,19,20). The molecule has 0 bridgehead atoms. The zero-order valence-corrected chi connectivity index (χ0v) is 11.2. The number of imidazole rings is 1. The minimum absolute atomic E-state index is 0.177. The molecule has 7 heteroatoms. The van der Waals surface area contributed by atoms with Crippen LogP contribution in [0.5, 0.6) is 0 Å². The number of benzene rings is 1. The zero-order chi connectivity index (χ0) is 15.6. The summed E-state index contributed by atoms with van der Waals surface area (Å²) in [6.45, 7) is 5.66. The summed E-state index contributed by atoms with van der Waals surface area (Å²) in [7, 11) is 0. The van der Waals surface area contributed by atoms with E-state index in [1.165, 1.54) is 10.6 Å². The lowest BCUT2D eigenvalue weighted by Gasteiger charge is -2.12. The molecular formula is C14H13F4N3. The van der Waals surface area contributed by atoms with Crippen LogP contribution in [0.4, 0.5) is 23.5 Å². The molecule has 0 aliphatic rings. The first-order chi connectivity index (χ1) is 9.82. The van der Waals surface area contributed by atoms with Crippen molar-refractivity contribution in [1.82, 2.24) is 9.55 Å². The van der Waals surface area contributed by atoms with Crippen molar-refractivity contribution in [2.75, 3.05) is 11.9 Å². The van der Waals surface area contributed by atoms with Crippen LogP contribution in [0.15, 0.2) is 37.1 Å². The van der Waals surface area contributed by atoms with Crippen LogP contribution in [0.25, 0.3) is 5.69 Å². The van der Waals surface area contributed by atoms with Gasteiger partial charge in [0.25, 0.3) is 0 Å². The molecule has 0 aliphatic heterocycles. The first-order valence-corrected chi connectivity index (χ1v) is 6.11. The van der Waals surface area contributed by atoms with Gasteiger partial charge in [-0.15, -0.1) is 6.58 Å². The molecule has 0 unspecified atom stereocenters.